The summed E-state index contributed by atoms with van der Waals surface area (Å²) in [5.74, 6) is -0.188. The minimum Gasteiger partial charge on any atom is -0.481 e. The third kappa shape index (κ3) is 3.26. The van der Waals surface area contributed by atoms with Gasteiger partial charge in [-0.1, -0.05) is 39.5 Å². The molecule has 5 fully saturated rings. The second kappa shape index (κ2) is 7.81. The summed E-state index contributed by atoms with van der Waals surface area (Å²) < 4.78 is 5.93. The second-order valence-corrected chi connectivity index (χ2v) is 13.1. The van der Waals surface area contributed by atoms with E-state index in [1.54, 1.807) is 0 Å². The van der Waals surface area contributed by atoms with E-state index in [0.29, 0.717) is 11.7 Å². The van der Waals surface area contributed by atoms with E-state index in [2.05, 4.69) is 13.8 Å². The molecule has 5 aliphatic carbocycles. The van der Waals surface area contributed by atoms with Crippen molar-refractivity contribution in [3.05, 3.63) is 0 Å². The first-order valence-electron chi connectivity index (χ1n) is 13.5. The molecule has 5 rings (SSSR count). The number of carboxylic acids is 1. The highest BCUT2D eigenvalue weighted by molar-refractivity contribution is 5.91. The number of rotatable bonds is 4. The number of fused-ring (bicyclic) bond motifs is 3. The number of esters is 1. The van der Waals surface area contributed by atoms with Gasteiger partial charge in [-0.15, -0.1) is 0 Å². The quantitative estimate of drug-likeness (QED) is 0.539. The smallest absolute Gasteiger partial charge is 0.309 e. The molecule has 33 heavy (non-hydrogen) atoms. The van der Waals surface area contributed by atoms with Gasteiger partial charge < -0.3 is 9.84 Å². The van der Waals surface area contributed by atoms with Gasteiger partial charge in [-0.3, -0.25) is 14.4 Å². The summed E-state index contributed by atoms with van der Waals surface area (Å²) >= 11 is 0. The maximum atomic E-state index is 13.8. The molecule has 0 aromatic carbocycles. The Labute approximate surface area is 198 Å². The van der Waals surface area contributed by atoms with Crippen LogP contribution >= 0.6 is 0 Å². The predicted molar refractivity (Wildman–Crippen MR) is 124 cm³/mol. The average molecular weight is 459 g/mol. The molecule has 0 aromatic rings. The van der Waals surface area contributed by atoms with Gasteiger partial charge in [0.05, 0.1) is 17.3 Å². The SMILES string of the molecule is C[C@]12CC[C@H]3[C@]4(C)CCC[C@@](C)(C(=O)O)[C@H]4CC[C@@]3(C1)[C@H](COC(=O)C1CCCCC1)C2=O. The molecule has 0 heterocycles. The van der Waals surface area contributed by atoms with Crippen LogP contribution in [0.4, 0.5) is 0 Å². The van der Waals surface area contributed by atoms with Gasteiger partial charge in [-0.25, -0.2) is 0 Å². The van der Waals surface area contributed by atoms with Crippen molar-refractivity contribution in [3.8, 4) is 0 Å². The van der Waals surface area contributed by atoms with Crippen molar-refractivity contribution in [3.63, 3.8) is 0 Å². The fourth-order valence-electron chi connectivity index (χ4n) is 9.88. The number of aliphatic carboxylic acids is 1. The molecule has 0 saturated heterocycles. The first kappa shape index (κ1) is 23.4. The zero-order valence-corrected chi connectivity index (χ0v) is 20.8. The molecule has 1 N–H and O–H groups in total. The second-order valence-electron chi connectivity index (χ2n) is 13.1. The maximum absolute atomic E-state index is 13.8. The lowest BCUT2D eigenvalue weighted by Crippen LogP contribution is -2.60. The molecule has 1 spiro atoms. The fourth-order valence-corrected chi connectivity index (χ4v) is 9.88. The van der Waals surface area contributed by atoms with Crippen LogP contribution in [0.25, 0.3) is 0 Å². The van der Waals surface area contributed by atoms with Crippen molar-refractivity contribution in [2.45, 2.75) is 104 Å². The van der Waals surface area contributed by atoms with Crippen molar-refractivity contribution in [2.75, 3.05) is 6.61 Å². The van der Waals surface area contributed by atoms with Gasteiger partial charge in [0, 0.05) is 5.41 Å². The molecule has 7 atom stereocenters. The fraction of sp³-hybridized carbons (Fsp3) is 0.893. The van der Waals surface area contributed by atoms with Crippen LogP contribution in [-0.4, -0.2) is 29.4 Å². The molecule has 0 unspecified atom stereocenters. The number of hydrogen-bond donors (Lipinski definition) is 1. The molecular weight excluding hydrogens is 416 g/mol. The minimum atomic E-state index is -0.680. The lowest BCUT2D eigenvalue weighted by atomic mass is 9.39. The highest BCUT2D eigenvalue weighted by atomic mass is 16.5. The topological polar surface area (TPSA) is 80.7 Å². The molecule has 0 radical (unpaired) electrons. The number of ketones is 1. The summed E-state index contributed by atoms with van der Waals surface area (Å²) in [6, 6.07) is 0. The Morgan fingerprint density at radius 3 is 2.30 bits per heavy atom. The zero-order valence-electron chi connectivity index (χ0n) is 20.8. The Morgan fingerprint density at radius 2 is 1.61 bits per heavy atom. The average Bonchev–Trinajstić information content (AvgIpc) is 2.93. The van der Waals surface area contributed by atoms with Crippen LogP contribution in [0.2, 0.25) is 0 Å². The van der Waals surface area contributed by atoms with E-state index in [-0.39, 0.29) is 46.6 Å². The molecule has 5 heteroatoms. The summed E-state index contributed by atoms with van der Waals surface area (Å²) in [5.41, 5.74) is -1.20. The Balaban J connectivity index is 1.43. The largest absolute Gasteiger partial charge is 0.481 e. The van der Waals surface area contributed by atoms with Gasteiger partial charge in [0.2, 0.25) is 0 Å². The van der Waals surface area contributed by atoms with Gasteiger partial charge in [0.1, 0.15) is 12.4 Å². The molecule has 184 valence electrons. The van der Waals surface area contributed by atoms with E-state index in [9.17, 15) is 19.5 Å². The maximum Gasteiger partial charge on any atom is 0.309 e. The highest BCUT2D eigenvalue weighted by Gasteiger charge is 2.71. The summed E-state index contributed by atoms with van der Waals surface area (Å²) in [6.45, 7) is 6.66. The van der Waals surface area contributed by atoms with Crippen molar-refractivity contribution in [1.82, 2.24) is 0 Å². The molecule has 2 bridgehead atoms. The molecule has 5 saturated carbocycles. The van der Waals surface area contributed by atoms with Crippen LogP contribution in [0.1, 0.15) is 104 Å². The van der Waals surface area contributed by atoms with Crippen molar-refractivity contribution < 1.29 is 24.2 Å². The van der Waals surface area contributed by atoms with E-state index in [1.165, 1.54) is 6.42 Å². The number of carboxylic acid groups (broad SMARTS) is 1. The van der Waals surface area contributed by atoms with Crippen molar-refractivity contribution in [1.29, 1.82) is 0 Å². The van der Waals surface area contributed by atoms with Gasteiger partial charge in [0.25, 0.3) is 0 Å². The van der Waals surface area contributed by atoms with E-state index in [4.69, 9.17) is 4.74 Å². The van der Waals surface area contributed by atoms with Crippen molar-refractivity contribution >= 4 is 17.7 Å². The standard InChI is InChI=1S/C28H42O5/c1-25-14-10-21-26(2)12-7-13-27(3,24(31)32)20(26)11-15-28(21,17-25)19(22(25)29)16-33-23(30)18-8-5-4-6-9-18/h18-21H,4-17H2,1-3H3,(H,31,32)/t19-,20+,21+,25+,26-,27-,28-/m1/s1. The molecule has 0 aliphatic heterocycles. The Kier molecular flexibility index (Phi) is 5.53. The summed E-state index contributed by atoms with van der Waals surface area (Å²) in [4.78, 5) is 39.0. The molecule has 5 aliphatic rings. The lowest BCUT2D eigenvalue weighted by molar-refractivity contribution is -0.191. The van der Waals surface area contributed by atoms with Crippen LogP contribution in [-0.2, 0) is 19.1 Å². The number of ether oxygens (including phenoxy) is 1. The molecule has 0 aromatic heterocycles. The summed E-state index contributed by atoms with van der Waals surface area (Å²) in [7, 11) is 0. The predicted octanol–water partition coefficient (Wildman–Crippen LogP) is 5.79. The number of carbonyl (C=O) groups excluding carboxylic acids is 2. The van der Waals surface area contributed by atoms with Gasteiger partial charge in [0.15, 0.2) is 0 Å². The first-order valence-corrected chi connectivity index (χ1v) is 13.5. The van der Waals surface area contributed by atoms with E-state index < -0.39 is 11.4 Å². The normalized spacial score (nSPS) is 47.5. The van der Waals surface area contributed by atoms with Gasteiger partial charge in [-0.05, 0) is 87.4 Å². The van der Waals surface area contributed by atoms with Gasteiger partial charge in [-0.2, -0.15) is 0 Å². The molecule has 0 amide bonds. The van der Waals surface area contributed by atoms with E-state index in [0.717, 1.165) is 77.0 Å². The van der Waals surface area contributed by atoms with E-state index in [1.807, 2.05) is 6.92 Å². The number of Topliss-reactive ketones (excluding diaryl/α,β-unsaturated/α-hetero) is 1. The number of carbonyl (C=O) groups is 3. The Morgan fingerprint density at radius 1 is 0.909 bits per heavy atom. The summed E-state index contributed by atoms with van der Waals surface area (Å²) in [6.07, 6.45) is 12.5. The monoisotopic (exact) mass is 458 g/mol. The minimum absolute atomic E-state index is 0.00128. The molecular formula is C28H42O5. The Bertz CT molecular complexity index is 845. The Hall–Kier alpha value is -1.39. The third-order valence-corrected chi connectivity index (χ3v) is 11.5. The van der Waals surface area contributed by atoms with Crippen molar-refractivity contribution in [2.24, 2.45) is 45.3 Å². The lowest BCUT2D eigenvalue weighted by Gasteiger charge is -2.64. The highest BCUT2D eigenvalue weighted by Crippen LogP contribution is 2.74. The van der Waals surface area contributed by atoms with Gasteiger partial charge >= 0.3 is 11.9 Å². The number of hydrogen-bond acceptors (Lipinski definition) is 4. The van der Waals surface area contributed by atoms with Crippen LogP contribution in [0, 0.1) is 45.3 Å². The third-order valence-electron chi connectivity index (χ3n) is 11.5. The van der Waals surface area contributed by atoms with E-state index >= 15 is 0 Å². The van der Waals surface area contributed by atoms with Crippen LogP contribution in [0.5, 0.6) is 0 Å². The summed E-state index contributed by atoms with van der Waals surface area (Å²) in [5, 5.41) is 10.2. The first-order chi connectivity index (χ1) is 15.6. The van der Waals surface area contributed by atoms with Crippen LogP contribution in [0.3, 0.4) is 0 Å². The van der Waals surface area contributed by atoms with Crippen LogP contribution in [0.15, 0.2) is 0 Å². The molecule has 5 nitrogen and oxygen atoms in total. The van der Waals surface area contributed by atoms with Crippen LogP contribution < -0.4 is 0 Å². The zero-order chi connectivity index (χ0) is 23.6.